The third kappa shape index (κ3) is 6.65. The Kier molecular flexibility index (Phi) is 10.1. The van der Waals surface area contributed by atoms with E-state index in [1.165, 1.54) is 51.1 Å². The topological polar surface area (TPSA) is 64.9 Å². The molecule has 14 aromatic carbocycles. The van der Waals surface area contributed by atoms with Gasteiger partial charge in [0.25, 0.3) is 0 Å². The minimum Gasteiger partial charge on any atom is -0.456 e. The number of para-hydroxylation sites is 5. The second kappa shape index (κ2) is 18.7. The predicted molar refractivity (Wildman–Crippen MR) is 398 cm³/mol. The summed E-state index contributed by atoms with van der Waals surface area (Å²) in [5.74, 6) is 0. The molecule has 6 nitrogen and oxygen atoms in total. The Morgan fingerprint density at radius 1 is 0.266 bits per heavy atom. The lowest BCUT2D eigenvalue weighted by atomic mass is 9.87. The smallest absolute Gasteiger partial charge is 0.136 e. The monoisotopic (exact) mass is 1250 g/mol. The minimum atomic E-state index is 0.512. The van der Waals surface area contributed by atoms with Crippen LogP contribution >= 0.6 is 34.0 Å². The molecule has 8 aromatic heterocycles. The van der Waals surface area contributed by atoms with Gasteiger partial charge in [-0.3, -0.25) is 0 Å². The summed E-state index contributed by atoms with van der Waals surface area (Å²) in [7, 11) is 0. The van der Waals surface area contributed by atoms with Crippen molar-refractivity contribution in [1.29, 1.82) is 5.26 Å². The summed E-state index contributed by atoms with van der Waals surface area (Å²) in [5, 5.41) is 31.4. The van der Waals surface area contributed by atoms with E-state index < -0.39 is 0 Å². The molecular weight excluding hydrogens is 1210 g/mol. The summed E-state index contributed by atoms with van der Waals surface area (Å²) < 4.78 is 28.7. The molecule has 0 aliphatic carbocycles. The highest BCUT2D eigenvalue weighted by Gasteiger charge is 2.36. The highest BCUT2D eigenvalue weighted by atomic mass is 32.1. The average molecular weight is 1250 g/mol. The van der Waals surface area contributed by atoms with Crippen LogP contribution in [0.3, 0.4) is 0 Å². The zero-order valence-corrected chi connectivity index (χ0v) is 52.2. The number of nitrogens with zero attached hydrogens (tertiary/aromatic N) is 4. The van der Waals surface area contributed by atoms with E-state index in [-0.39, 0.29) is 0 Å². The van der Waals surface area contributed by atoms with E-state index >= 15 is 0 Å². The van der Waals surface area contributed by atoms with E-state index in [4.69, 9.17) is 8.83 Å². The maximum atomic E-state index is 13.5. The fraction of sp³-hybridized carbons (Fsp3) is 0. The van der Waals surface area contributed by atoms with Crippen molar-refractivity contribution in [2.45, 2.75) is 0 Å². The Balaban J connectivity index is 1.07. The van der Waals surface area contributed by atoms with Crippen LogP contribution in [0.1, 0.15) is 5.56 Å². The number of hydrogen-bond acceptors (Lipinski definition) is 6. The van der Waals surface area contributed by atoms with Crippen molar-refractivity contribution in [3.8, 4) is 45.4 Å². The molecule has 0 spiro atoms. The van der Waals surface area contributed by atoms with Gasteiger partial charge in [0.05, 0.1) is 64.3 Å². The molecule has 94 heavy (non-hydrogen) atoms. The molecule has 0 saturated heterocycles. The van der Waals surface area contributed by atoms with Gasteiger partial charge in [-0.2, -0.15) is 5.26 Å². The summed E-state index contributed by atoms with van der Waals surface area (Å²) in [4.78, 5) is 0. The van der Waals surface area contributed by atoms with Gasteiger partial charge in [0.2, 0.25) is 0 Å². The number of rotatable bonds is 5. The Morgan fingerprint density at radius 2 is 0.564 bits per heavy atom. The third-order valence-electron chi connectivity index (χ3n) is 20.1. The summed E-state index contributed by atoms with van der Waals surface area (Å²) in [6.45, 7) is 0. The van der Waals surface area contributed by atoms with Gasteiger partial charge in [0, 0.05) is 111 Å². The van der Waals surface area contributed by atoms with Crippen LogP contribution in [0.15, 0.2) is 276 Å². The molecule has 22 rings (SSSR count). The molecule has 0 bridgehead atoms. The lowest BCUT2D eigenvalue weighted by molar-refractivity contribution is 0.668. The van der Waals surface area contributed by atoms with Gasteiger partial charge >= 0.3 is 0 Å². The first-order valence-corrected chi connectivity index (χ1v) is 34.1. The first-order valence-electron chi connectivity index (χ1n) is 31.6. The average Bonchev–Trinajstić information content (AvgIpc) is 1.44. The zero-order valence-electron chi connectivity index (χ0n) is 49.7. The maximum Gasteiger partial charge on any atom is 0.136 e. The lowest BCUT2D eigenvalue weighted by Crippen LogP contribution is -2.13. The van der Waals surface area contributed by atoms with Crippen molar-refractivity contribution in [2.24, 2.45) is 0 Å². The number of benzene rings is 14. The highest BCUT2D eigenvalue weighted by Crippen LogP contribution is 2.56. The molecule has 0 amide bonds. The summed E-state index contributed by atoms with van der Waals surface area (Å²) >= 11 is 5.48. The molecule has 434 valence electrons. The Bertz CT molecular complexity index is 6880. The fourth-order valence-corrected chi connectivity index (χ4v) is 19.9. The van der Waals surface area contributed by atoms with E-state index in [0.717, 1.165) is 158 Å². The van der Waals surface area contributed by atoms with Crippen molar-refractivity contribution >= 4 is 204 Å². The predicted octanol–water partition coefficient (Wildman–Crippen LogP) is 25.1. The number of aromatic nitrogens is 3. The van der Waals surface area contributed by atoms with Crippen LogP contribution in [0.25, 0.3) is 209 Å². The molecule has 0 aliphatic rings. The van der Waals surface area contributed by atoms with E-state index in [9.17, 15) is 5.26 Å². The number of nitriles is 1. The second-order valence-electron chi connectivity index (χ2n) is 24.8. The van der Waals surface area contributed by atoms with Gasteiger partial charge in [-0.25, -0.2) is 0 Å². The quantitative estimate of drug-likeness (QED) is 0.172. The molecule has 0 fully saturated rings. The second-order valence-corrected chi connectivity index (χ2v) is 27.9. The van der Waals surface area contributed by atoms with Crippen molar-refractivity contribution in [2.75, 3.05) is 0 Å². The Morgan fingerprint density at radius 3 is 0.947 bits per heavy atom. The van der Waals surface area contributed by atoms with Crippen molar-refractivity contribution in [3.63, 3.8) is 0 Å². The largest absolute Gasteiger partial charge is 0.456 e. The normalized spacial score (nSPS) is 12.5. The van der Waals surface area contributed by atoms with E-state index in [2.05, 4.69) is 275 Å². The molecule has 0 N–H and O–H groups in total. The van der Waals surface area contributed by atoms with E-state index in [1.54, 1.807) is 0 Å². The van der Waals surface area contributed by atoms with Gasteiger partial charge in [-0.1, -0.05) is 194 Å². The standard InChI is InChI=1S/C85H44N4O2S3/c86-45-64-77(87-65-25-9-1-17-48(65)58-37-40-61-55-22-6-14-30-72(55)92-83(61)79(58)87)75(46-33-35-53-51-20-4-12-28-68(51)90-70(53)43-46)82(89-67-27-11-3-19-50(67)60-39-42-63-57-24-8-16-32-74(57)94-85(63)81(60)89)76(47-34-36-54-52-21-5-13-29-69(52)91-71(54)44-47)78(64)88-66-26-10-2-18-49(66)59-38-41-62-56-23-7-15-31-73(56)93-84(62)80(59)88/h1-44H. The van der Waals surface area contributed by atoms with E-state index in [1.807, 2.05) is 46.1 Å². The van der Waals surface area contributed by atoms with Gasteiger partial charge in [0.1, 0.15) is 34.0 Å². The lowest BCUT2D eigenvalue weighted by Gasteiger charge is -2.29. The van der Waals surface area contributed by atoms with Crippen molar-refractivity contribution in [3.05, 3.63) is 272 Å². The first-order chi connectivity index (χ1) is 46.6. The van der Waals surface area contributed by atoms with Gasteiger partial charge in [-0.15, -0.1) is 34.0 Å². The van der Waals surface area contributed by atoms with Crippen LogP contribution < -0.4 is 0 Å². The van der Waals surface area contributed by atoms with Crippen LogP contribution in [-0.2, 0) is 0 Å². The van der Waals surface area contributed by atoms with Gasteiger partial charge < -0.3 is 22.5 Å². The SMILES string of the molecule is N#Cc1c(-n2c3ccccc3c3ccc4c5ccccc5sc4c32)c(-c2ccc3c(c2)oc2ccccc23)c(-n2c3ccccc3c3ccc4c5ccccc5sc4c32)c(-c2ccc3c(c2)oc2ccccc23)c1-n1c2ccccc2c2ccc3c4ccccc4sc3c21. The third-order valence-corrected chi connectivity index (χ3v) is 23.7. The molecule has 0 saturated carbocycles. The van der Waals surface area contributed by atoms with Crippen LogP contribution in [0.5, 0.6) is 0 Å². The molecule has 9 heteroatoms. The summed E-state index contributed by atoms with van der Waals surface area (Å²) in [6, 6.07) is 100. The number of furan rings is 2. The van der Waals surface area contributed by atoms with Crippen LogP contribution in [0, 0.1) is 11.3 Å². The van der Waals surface area contributed by atoms with Crippen LogP contribution in [0.4, 0.5) is 0 Å². The van der Waals surface area contributed by atoms with Crippen LogP contribution in [0.2, 0.25) is 0 Å². The van der Waals surface area contributed by atoms with Crippen molar-refractivity contribution in [1.82, 2.24) is 13.7 Å². The number of fused-ring (bicyclic) bond motifs is 27. The number of hydrogen-bond donors (Lipinski definition) is 0. The van der Waals surface area contributed by atoms with Gasteiger partial charge in [-0.05, 0) is 83.9 Å². The maximum absolute atomic E-state index is 13.5. The summed E-state index contributed by atoms with van der Waals surface area (Å²) in [6.07, 6.45) is 0. The Labute approximate surface area is 545 Å². The molecular formula is C85H44N4O2S3. The molecule has 0 radical (unpaired) electrons. The van der Waals surface area contributed by atoms with Crippen molar-refractivity contribution < 1.29 is 8.83 Å². The highest BCUT2D eigenvalue weighted by molar-refractivity contribution is 7.27. The molecule has 22 aromatic rings. The molecule has 0 atom stereocenters. The molecule has 0 aliphatic heterocycles. The zero-order chi connectivity index (χ0) is 61.2. The fourth-order valence-electron chi connectivity index (χ4n) is 16.2. The van der Waals surface area contributed by atoms with Crippen LogP contribution in [-0.4, -0.2) is 13.7 Å². The summed E-state index contributed by atoms with van der Waals surface area (Å²) in [5.41, 5.74) is 15.8. The molecule has 8 heterocycles. The minimum absolute atomic E-state index is 0.512. The molecule has 0 unspecified atom stereocenters. The first kappa shape index (κ1) is 50.9. The Hall–Kier alpha value is -11.8. The number of thiophene rings is 3. The van der Waals surface area contributed by atoms with E-state index in [0.29, 0.717) is 5.56 Å². The van der Waals surface area contributed by atoms with Gasteiger partial charge in [0.15, 0.2) is 0 Å².